The fraction of sp³-hybridized carbons (Fsp3) is 0.500. The van der Waals surface area contributed by atoms with Crippen LogP contribution >= 0.6 is 0 Å². The summed E-state index contributed by atoms with van der Waals surface area (Å²) in [5, 5.41) is 8.85. The number of aliphatic hydroxyl groups is 1. The third-order valence-electron chi connectivity index (χ3n) is 2.12. The molecule has 0 aliphatic rings. The SMILES string of the molecule is CC(CO)Oc1cccc(C(C)C)c1. The number of hydrogen-bond donors (Lipinski definition) is 1. The molecule has 0 aromatic heterocycles. The predicted molar refractivity (Wildman–Crippen MR) is 57.7 cm³/mol. The molecule has 0 saturated heterocycles. The Kier molecular flexibility index (Phi) is 3.96. The summed E-state index contributed by atoms with van der Waals surface area (Å²) in [4.78, 5) is 0. The van der Waals surface area contributed by atoms with Crippen LogP contribution in [0.15, 0.2) is 24.3 Å². The third-order valence-corrected chi connectivity index (χ3v) is 2.12. The van der Waals surface area contributed by atoms with E-state index in [0.717, 1.165) is 5.75 Å². The zero-order valence-corrected chi connectivity index (χ0v) is 9.03. The average Bonchev–Trinajstić information content (AvgIpc) is 2.18. The van der Waals surface area contributed by atoms with E-state index >= 15 is 0 Å². The molecule has 78 valence electrons. The van der Waals surface area contributed by atoms with Crippen molar-refractivity contribution in [2.75, 3.05) is 6.61 Å². The Bertz CT molecular complexity index is 281. The van der Waals surface area contributed by atoms with Crippen molar-refractivity contribution in [3.63, 3.8) is 0 Å². The minimum atomic E-state index is -0.141. The molecule has 0 spiro atoms. The number of rotatable bonds is 4. The van der Waals surface area contributed by atoms with E-state index in [1.165, 1.54) is 5.56 Å². The van der Waals surface area contributed by atoms with Gasteiger partial charge in [-0.2, -0.15) is 0 Å². The van der Waals surface area contributed by atoms with Crippen LogP contribution in [0.5, 0.6) is 5.75 Å². The van der Waals surface area contributed by atoms with Crippen LogP contribution in [0.2, 0.25) is 0 Å². The van der Waals surface area contributed by atoms with Crippen molar-refractivity contribution < 1.29 is 9.84 Å². The van der Waals surface area contributed by atoms with E-state index in [-0.39, 0.29) is 12.7 Å². The first-order valence-corrected chi connectivity index (χ1v) is 5.01. The minimum Gasteiger partial charge on any atom is -0.488 e. The molecule has 0 bridgehead atoms. The van der Waals surface area contributed by atoms with Gasteiger partial charge in [-0.05, 0) is 30.5 Å². The van der Waals surface area contributed by atoms with Crippen molar-refractivity contribution in [2.45, 2.75) is 32.8 Å². The van der Waals surface area contributed by atoms with Crippen LogP contribution in [0.3, 0.4) is 0 Å². The summed E-state index contributed by atoms with van der Waals surface area (Å²) in [6, 6.07) is 8.00. The molecule has 0 amide bonds. The van der Waals surface area contributed by atoms with Gasteiger partial charge in [-0.15, -0.1) is 0 Å². The molecule has 1 aromatic rings. The van der Waals surface area contributed by atoms with Crippen molar-refractivity contribution in [2.24, 2.45) is 0 Å². The second-order valence-corrected chi connectivity index (χ2v) is 3.84. The lowest BCUT2D eigenvalue weighted by Crippen LogP contribution is -2.16. The zero-order valence-electron chi connectivity index (χ0n) is 9.03. The van der Waals surface area contributed by atoms with Crippen LogP contribution in [-0.2, 0) is 0 Å². The molecule has 1 unspecified atom stereocenters. The fourth-order valence-electron chi connectivity index (χ4n) is 1.22. The highest BCUT2D eigenvalue weighted by atomic mass is 16.5. The van der Waals surface area contributed by atoms with Gasteiger partial charge in [0.25, 0.3) is 0 Å². The highest BCUT2D eigenvalue weighted by Gasteiger charge is 2.04. The fourth-order valence-corrected chi connectivity index (χ4v) is 1.22. The molecule has 0 aliphatic heterocycles. The van der Waals surface area contributed by atoms with E-state index in [0.29, 0.717) is 5.92 Å². The third kappa shape index (κ3) is 3.04. The van der Waals surface area contributed by atoms with Gasteiger partial charge in [-0.3, -0.25) is 0 Å². The van der Waals surface area contributed by atoms with Crippen molar-refractivity contribution in [1.82, 2.24) is 0 Å². The van der Waals surface area contributed by atoms with Crippen LogP contribution in [0.1, 0.15) is 32.3 Å². The lowest BCUT2D eigenvalue weighted by atomic mass is 10.0. The summed E-state index contributed by atoms with van der Waals surface area (Å²) in [7, 11) is 0. The van der Waals surface area contributed by atoms with Gasteiger partial charge in [0, 0.05) is 0 Å². The van der Waals surface area contributed by atoms with Gasteiger partial charge in [0.2, 0.25) is 0 Å². The number of aliphatic hydroxyl groups excluding tert-OH is 1. The molecular weight excluding hydrogens is 176 g/mol. The first kappa shape index (κ1) is 11.1. The Morgan fingerprint density at radius 3 is 2.57 bits per heavy atom. The molecule has 1 rings (SSSR count). The van der Waals surface area contributed by atoms with E-state index in [1.54, 1.807) is 0 Å². The standard InChI is InChI=1S/C12H18O2/c1-9(2)11-5-4-6-12(7-11)14-10(3)8-13/h4-7,9-10,13H,8H2,1-3H3. The van der Waals surface area contributed by atoms with Gasteiger partial charge >= 0.3 is 0 Å². The maximum absolute atomic E-state index is 8.85. The van der Waals surface area contributed by atoms with E-state index in [9.17, 15) is 0 Å². The molecule has 1 N–H and O–H groups in total. The quantitative estimate of drug-likeness (QED) is 0.798. The van der Waals surface area contributed by atoms with E-state index in [4.69, 9.17) is 9.84 Å². The first-order chi connectivity index (χ1) is 6.63. The Labute approximate surface area is 85.5 Å². The second-order valence-electron chi connectivity index (χ2n) is 3.84. The molecule has 1 atom stereocenters. The number of benzene rings is 1. The maximum Gasteiger partial charge on any atom is 0.120 e. The topological polar surface area (TPSA) is 29.5 Å². The lowest BCUT2D eigenvalue weighted by molar-refractivity contribution is 0.129. The molecule has 14 heavy (non-hydrogen) atoms. The van der Waals surface area contributed by atoms with Crippen molar-refractivity contribution in [1.29, 1.82) is 0 Å². The summed E-state index contributed by atoms with van der Waals surface area (Å²) >= 11 is 0. The molecule has 0 heterocycles. The number of ether oxygens (including phenoxy) is 1. The molecular formula is C12H18O2. The highest BCUT2D eigenvalue weighted by molar-refractivity contribution is 5.30. The van der Waals surface area contributed by atoms with E-state index < -0.39 is 0 Å². The average molecular weight is 194 g/mol. The summed E-state index contributed by atoms with van der Waals surface area (Å²) in [6.07, 6.45) is -0.141. The van der Waals surface area contributed by atoms with Gasteiger partial charge in [-0.25, -0.2) is 0 Å². The monoisotopic (exact) mass is 194 g/mol. The van der Waals surface area contributed by atoms with Gasteiger partial charge in [-0.1, -0.05) is 26.0 Å². The molecule has 2 heteroatoms. The van der Waals surface area contributed by atoms with E-state index in [1.807, 2.05) is 25.1 Å². The maximum atomic E-state index is 8.85. The zero-order chi connectivity index (χ0) is 10.6. The van der Waals surface area contributed by atoms with Gasteiger partial charge in [0.05, 0.1) is 6.61 Å². The van der Waals surface area contributed by atoms with E-state index in [2.05, 4.69) is 19.9 Å². The van der Waals surface area contributed by atoms with Gasteiger partial charge in [0.1, 0.15) is 11.9 Å². The Balaban J connectivity index is 2.73. The Hall–Kier alpha value is -1.02. The molecule has 1 aromatic carbocycles. The van der Waals surface area contributed by atoms with Gasteiger partial charge in [0.15, 0.2) is 0 Å². The summed E-state index contributed by atoms with van der Waals surface area (Å²) in [5.41, 5.74) is 1.26. The Morgan fingerprint density at radius 1 is 1.29 bits per heavy atom. The normalized spacial score (nSPS) is 12.9. The van der Waals surface area contributed by atoms with Crippen LogP contribution in [0.25, 0.3) is 0 Å². The van der Waals surface area contributed by atoms with Crippen molar-refractivity contribution in [3.05, 3.63) is 29.8 Å². The van der Waals surface area contributed by atoms with Crippen LogP contribution in [0.4, 0.5) is 0 Å². The minimum absolute atomic E-state index is 0.0475. The number of hydrogen-bond acceptors (Lipinski definition) is 2. The first-order valence-electron chi connectivity index (χ1n) is 5.01. The van der Waals surface area contributed by atoms with Gasteiger partial charge < -0.3 is 9.84 Å². The molecule has 0 radical (unpaired) electrons. The molecule has 0 aliphatic carbocycles. The largest absolute Gasteiger partial charge is 0.488 e. The molecule has 2 nitrogen and oxygen atoms in total. The summed E-state index contributed by atoms with van der Waals surface area (Å²) < 4.78 is 5.50. The highest BCUT2D eigenvalue weighted by Crippen LogP contribution is 2.20. The Morgan fingerprint density at radius 2 is 2.00 bits per heavy atom. The van der Waals surface area contributed by atoms with Crippen LogP contribution in [-0.4, -0.2) is 17.8 Å². The van der Waals surface area contributed by atoms with Crippen molar-refractivity contribution >= 4 is 0 Å². The summed E-state index contributed by atoms with van der Waals surface area (Å²) in [6.45, 7) is 6.19. The molecule has 0 saturated carbocycles. The smallest absolute Gasteiger partial charge is 0.120 e. The summed E-state index contributed by atoms with van der Waals surface area (Å²) in [5.74, 6) is 1.33. The van der Waals surface area contributed by atoms with Crippen molar-refractivity contribution in [3.8, 4) is 5.75 Å². The van der Waals surface area contributed by atoms with Crippen LogP contribution < -0.4 is 4.74 Å². The molecule has 0 fully saturated rings. The predicted octanol–water partition coefficient (Wildman–Crippen LogP) is 2.57. The second kappa shape index (κ2) is 5.01. The van der Waals surface area contributed by atoms with Crippen LogP contribution in [0, 0.1) is 0 Å². The lowest BCUT2D eigenvalue weighted by Gasteiger charge is -2.13.